The van der Waals surface area contributed by atoms with Crippen molar-refractivity contribution in [3.63, 3.8) is 0 Å². The molecule has 1 N–H and O–H groups in total. The van der Waals surface area contributed by atoms with Gasteiger partial charge in [0, 0.05) is 19.3 Å². The van der Waals surface area contributed by atoms with Crippen LogP contribution in [0.5, 0.6) is 5.75 Å². The highest BCUT2D eigenvalue weighted by atomic mass is 32.2. The number of aromatic nitrogens is 1. The van der Waals surface area contributed by atoms with Gasteiger partial charge in [-0.3, -0.25) is 0 Å². The third-order valence-corrected chi connectivity index (χ3v) is 6.22. The van der Waals surface area contributed by atoms with E-state index in [2.05, 4.69) is 10.3 Å². The van der Waals surface area contributed by atoms with Gasteiger partial charge in [0.05, 0.1) is 6.54 Å². The third kappa shape index (κ3) is 4.74. The van der Waals surface area contributed by atoms with Gasteiger partial charge >= 0.3 is 0 Å². The number of benzene rings is 1. The van der Waals surface area contributed by atoms with E-state index in [9.17, 15) is 8.42 Å². The maximum atomic E-state index is 12.6. The summed E-state index contributed by atoms with van der Waals surface area (Å²) in [5, 5.41) is 3.18. The molecule has 2 aromatic rings. The average molecular weight is 375 g/mol. The molecular weight excluding hydrogens is 350 g/mol. The summed E-state index contributed by atoms with van der Waals surface area (Å²) in [5.74, 6) is 1.45. The van der Waals surface area contributed by atoms with Crippen LogP contribution in [0.2, 0.25) is 0 Å². The quantitative estimate of drug-likeness (QED) is 0.805. The Bertz CT molecular complexity index is 789. The average Bonchev–Trinajstić information content (AvgIpc) is 2.68. The van der Waals surface area contributed by atoms with Gasteiger partial charge in [0.25, 0.3) is 0 Å². The van der Waals surface area contributed by atoms with Crippen LogP contribution in [0, 0.1) is 0 Å². The molecule has 1 saturated heterocycles. The molecule has 1 atom stereocenters. The van der Waals surface area contributed by atoms with Crippen molar-refractivity contribution in [2.24, 2.45) is 0 Å². The van der Waals surface area contributed by atoms with E-state index in [-0.39, 0.29) is 11.0 Å². The minimum Gasteiger partial charge on any atom is -0.489 e. The summed E-state index contributed by atoms with van der Waals surface area (Å²) in [4.78, 5) is 4.49. The maximum Gasteiger partial charge on any atom is 0.244 e. The number of nitrogens with one attached hydrogen (secondary N) is 1. The number of hydrogen-bond acceptors (Lipinski definition) is 5. The van der Waals surface area contributed by atoms with Crippen LogP contribution in [0.15, 0.2) is 53.6 Å². The highest BCUT2D eigenvalue weighted by molar-refractivity contribution is 7.89. The largest absolute Gasteiger partial charge is 0.489 e. The van der Waals surface area contributed by atoms with Crippen LogP contribution in [0.4, 0.5) is 5.82 Å². The fraction of sp³-hybridized carbons (Fsp3) is 0.421. The molecule has 1 fully saturated rings. The first-order valence-corrected chi connectivity index (χ1v) is 10.4. The molecule has 0 aliphatic carbocycles. The van der Waals surface area contributed by atoms with Gasteiger partial charge in [-0.1, -0.05) is 24.6 Å². The Balaban J connectivity index is 1.55. The third-order valence-electron chi connectivity index (χ3n) is 4.34. The molecule has 1 aromatic heterocycles. The summed E-state index contributed by atoms with van der Waals surface area (Å²) in [6.45, 7) is 3.72. The first-order valence-electron chi connectivity index (χ1n) is 8.97. The molecule has 3 rings (SSSR count). The van der Waals surface area contributed by atoms with E-state index in [0.29, 0.717) is 25.5 Å². The Morgan fingerprint density at radius 1 is 1.12 bits per heavy atom. The van der Waals surface area contributed by atoms with Gasteiger partial charge in [-0.25, -0.2) is 13.4 Å². The second-order valence-electron chi connectivity index (χ2n) is 6.47. The summed E-state index contributed by atoms with van der Waals surface area (Å²) < 4.78 is 32.6. The van der Waals surface area contributed by atoms with Gasteiger partial charge in [0.2, 0.25) is 10.0 Å². The number of para-hydroxylation sites is 1. The predicted octanol–water partition coefficient (Wildman–Crippen LogP) is 3.14. The number of anilines is 1. The van der Waals surface area contributed by atoms with Crippen molar-refractivity contribution in [3.05, 3.63) is 48.7 Å². The SMILES string of the molecule is CC(CNc1ccc(S(=O)(=O)N2CCCCC2)cn1)Oc1ccccc1. The lowest BCUT2D eigenvalue weighted by Gasteiger charge is -2.25. The molecule has 140 valence electrons. The summed E-state index contributed by atoms with van der Waals surface area (Å²) in [6.07, 6.45) is 4.32. The maximum absolute atomic E-state index is 12.6. The van der Waals surface area contributed by atoms with Crippen LogP contribution in [0.3, 0.4) is 0 Å². The van der Waals surface area contributed by atoms with Gasteiger partial charge in [0.15, 0.2) is 0 Å². The molecule has 6 nitrogen and oxygen atoms in total. The number of nitrogens with zero attached hydrogens (tertiary/aromatic N) is 2. The van der Waals surface area contributed by atoms with Crippen molar-refractivity contribution in [1.29, 1.82) is 0 Å². The lowest BCUT2D eigenvalue weighted by molar-refractivity contribution is 0.234. The Morgan fingerprint density at radius 2 is 1.85 bits per heavy atom. The van der Waals surface area contributed by atoms with Crippen LogP contribution in [-0.2, 0) is 10.0 Å². The lowest BCUT2D eigenvalue weighted by Crippen LogP contribution is -2.35. The van der Waals surface area contributed by atoms with E-state index in [1.807, 2.05) is 37.3 Å². The van der Waals surface area contributed by atoms with E-state index in [1.165, 1.54) is 6.20 Å². The highest BCUT2D eigenvalue weighted by Gasteiger charge is 2.26. The molecule has 0 saturated carbocycles. The topological polar surface area (TPSA) is 71.5 Å². The Labute approximate surface area is 155 Å². The smallest absolute Gasteiger partial charge is 0.244 e. The Morgan fingerprint density at radius 3 is 2.50 bits per heavy atom. The summed E-state index contributed by atoms with van der Waals surface area (Å²) in [7, 11) is -3.43. The zero-order valence-electron chi connectivity index (χ0n) is 15.0. The highest BCUT2D eigenvalue weighted by Crippen LogP contribution is 2.20. The fourth-order valence-corrected chi connectivity index (χ4v) is 4.38. The van der Waals surface area contributed by atoms with Gasteiger partial charge in [0.1, 0.15) is 22.6 Å². The molecule has 7 heteroatoms. The molecule has 1 aliphatic heterocycles. The molecule has 1 aliphatic rings. The van der Waals surface area contributed by atoms with Crippen molar-refractivity contribution in [2.75, 3.05) is 25.0 Å². The van der Waals surface area contributed by atoms with Crippen molar-refractivity contribution < 1.29 is 13.2 Å². The minimum atomic E-state index is -3.43. The van der Waals surface area contributed by atoms with Crippen molar-refractivity contribution in [1.82, 2.24) is 9.29 Å². The molecule has 1 unspecified atom stereocenters. The van der Waals surface area contributed by atoms with Crippen molar-refractivity contribution in [2.45, 2.75) is 37.2 Å². The first kappa shape index (κ1) is 18.7. The van der Waals surface area contributed by atoms with Gasteiger partial charge in [-0.15, -0.1) is 0 Å². The van der Waals surface area contributed by atoms with Crippen LogP contribution in [0.1, 0.15) is 26.2 Å². The molecule has 0 spiro atoms. The van der Waals surface area contributed by atoms with Crippen LogP contribution < -0.4 is 10.1 Å². The number of sulfonamides is 1. The van der Waals surface area contributed by atoms with Crippen LogP contribution in [0.25, 0.3) is 0 Å². The second kappa shape index (κ2) is 8.51. The van der Waals surface area contributed by atoms with Gasteiger partial charge < -0.3 is 10.1 Å². The summed E-state index contributed by atoms with van der Waals surface area (Å²) in [5.41, 5.74) is 0. The molecule has 0 bridgehead atoms. The van der Waals surface area contributed by atoms with E-state index < -0.39 is 10.0 Å². The van der Waals surface area contributed by atoms with E-state index in [1.54, 1.807) is 16.4 Å². The number of pyridine rings is 1. The normalized spacial score (nSPS) is 16.8. The zero-order valence-corrected chi connectivity index (χ0v) is 15.8. The minimum absolute atomic E-state index is 0.0454. The van der Waals surface area contributed by atoms with E-state index in [0.717, 1.165) is 25.0 Å². The first-order chi connectivity index (χ1) is 12.6. The second-order valence-corrected chi connectivity index (χ2v) is 8.40. The van der Waals surface area contributed by atoms with Crippen LogP contribution in [-0.4, -0.2) is 43.4 Å². The van der Waals surface area contributed by atoms with E-state index >= 15 is 0 Å². The molecule has 1 aromatic carbocycles. The Kier molecular flexibility index (Phi) is 6.11. The standard InChI is InChI=1S/C19H25N3O3S/c1-16(25-17-8-4-2-5-9-17)14-20-19-11-10-18(15-21-19)26(23,24)22-12-6-3-7-13-22/h2,4-5,8-11,15-16H,3,6-7,12-14H2,1H3,(H,20,21). The Hall–Kier alpha value is -2.12. The number of piperidine rings is 1. The van der Waals surface area contributed by atoms with E-state index in [4.69, 9.17) is 4.74 Å². The lowest BCUT2D eigenvalue weighted by atomic mass is 10.2. The van der Waals surface area contributed by atoms with Crippen LogP contribution >= 0.6 is 0 Å². The predicted molar refractivity (Wildman–Crippen MR) is 102 cm³/mol. The molecular formula is C19H25N3O3S. The summed E-state index contributed by atoms with van der Waals surface area (Å²) in [6, 6.07) is 12.9. The number of rotatable bonds is 7. The van der Waals surface area contributed by atoms with Gasteiger partial charge in [-0.2, -0.15) is 4.31 Å². The zero-order chi connectivity index (χ0) is 18.4. The molecule has 0 amide bonds. The monoisotopic (exact) mass is 375 g/mol. The molecule has 26 heavy (non-hydrogen) atoms. The number of ether oxygens (including phenoxy) is 1. The molecule has 2 heterocycles. The summed E-state index contributed by atoms with van der Waals surface area (Å²) >= 11 is 0. The number of hydrogen-bond donors (Lipinski definition) is 1. The van der Waals surface area contributed by atoms with Crippen molar-refractivity contribution in [3.8, 4) is 5.75 Å². The van der Waals surface area contributed by atoms with Crippen molar-refractivity contribution >= 4 is 15.8 Å². The fourth-order valence-electron chi connectivity index (χ4n) is 2.91. The van der Waals surface area contributed by atoms with Gasteiger partial charge in [-0.05, 0) is 44.0 Å². The molecule has 0 radical (unpaired) electrons.